The largest absolute Gasteiger partial charge is 0.463 e. The highest BCUT2D eigenvalue weighted by atomic mass is 19.4. The van der Waals surface area contributed by atoms with E-state index in [4.69, 9.17) is 4.74 Å². The van der Waals surface area contributed by atoms with Crippen LogP contribution in [0.15, 0.2) is 35.5 Å². The molecule has 0 bridgehead atoms. The summed E-state index contributed by atoms with van der Waals surface area (Å²) >= 11 is 0. The van der Waals surface area contributed by atoms with E-state index in [-0.39, 0.29) is 30.3 Å². The van der Waals surface area contributed by atoms with Crippen molar-refractivity contribution in [2.75, 3.05) is 46.4 Å². The number of nitrogens with zero attached hydrogens (tertiary/aromatic N) is 3. The van der Waals surface area contributed by atoms with E-state index in [9.17, 15) is 27.6 Å². The van der Waals surface area contributed by atoms with Crippen molar-refractivity contribution in [3.63, 3.8) is 0 Å². The van der Waals surface area contributed by atoms with Gasteiger partial charge in [0.05, 0.1) is 23.8 Å². The predicted octanol–water partition coefficient (Wildman–Crippen LogP) is 3.73. The minimum absolute atomic E-state index is 0.0918. The van der Waals surface area contributed by atoms with Crippen LogP contribution < -0.4 is 10.6 Å². The van der Waals surface area contributed by atoms with Crippen molar-refractivity contribution in [1.82, 2.24) is 25.3 Å². The second-order valence-corrected chi connectivity index (χ2v) is 10.4. The number of rotatable bonds is 5. The van der Waals surface area contributed by atoms with Crippen LogP contribution in [0.3, 0.4) is 0 Å². The van der Waals surface area contributed by atoms with Gasteiger partial charge in [-0.3, -0.25) is 9.80 Å². The second kappa shape index (κ2) is 11.6. The quantitative estimate of drug-likeness (QED) is 0.557. The first kappa shape index (κ1) is 29.3. The first-order valence-corrected chi connectivity index (χ1v) is 12.6. The number of hydrogen-bond acceptors (Lipinski definition) is 5. The van der Waals surface area contributed by atoms with Crippen LogP contribution in [0, 0.1) is 0 Å². The average Bonchev–Trinajstić information content (AvgIpc) is 3.06. The number of nitrogens with one attached hydrogen (secondary N) is 2. The molecule has 9 nitrogen and oxygen atoms in total. The highest BCUT2D eigenvalue weighted by Crippen LogP contribution is 2.34. The third-order valence-electron chi connectivity index (χ3n) is 6.37. The lowest BCUT2D eigenvalue weighted by atomic mass is 9.93. The van der Waals surface area contributed by atoms with Gasteiger partial charge in [-0.05, 0) is 51.8 Å². The fourth-order valence-corrected chi connectivity index (χ4v) is 4.46. The Labute approximate surface area is 221 Å². The molecule has 1 aromatic rings. The molecule has 2 aliphatic heterocycles. The average molecular weight is 540 g/mol. The van der Waals surface area contributed by atoms with Crippen molar-refractivity contribution in [2.45, 2.75) is 51.9 Å². The number of carbonyl (C=O) groups excluding carboxylic acids is 3. The van der Waals surface area contributed by atoms with Crippen LogP contribution in [-0.4, -0.2) is 84.6 Å². The molecule has 0 saturated carbocycles. The molecule has 210 valence electrons. The SMILES string of the molecule is CCOC(=O)C1=C(CN2CCCN(C(=O)NC(C)(C)C)CC2)N(C)C(=O)N[C@@H]1c1ccc(C(F)(F)F)cc1. The molecule has 0 radical (unpaired) electrons. The molecule has 38 heavy (non-hydrogen) atoms. The van der Waals surface area contributed by atoms with Crippen LogP contribution >= 0.6 is 0 Å². The lowest BCUT2D eigenvalue weighted by Crippen LogP contribution is -2.50. The lowest BCUT2D eigenvalue weighted by Gasteiger charge is -2.36. The van der Waals surface area contributed by atoms with Crippen LogP contribution in [0.1, 0.15) is 51.3 Å². The van der Waals surface area contributed by atoms with Crippen molar-refractivity contribution >= 4 is 18.0 Å². The van der Waals surface area contributed by atoms with E-state index < -0.39 is 29.8 Å². The van der Waals surface area contributed by atoms with Gasteiger partial charge in [0.2, 0.25) is 0 Å². The molecule has 0 unspecified atom stereocenters. The number of benzene rings is 1. The Morgan fingerprint density at radius 2 is 1.74 bits per heavy atom. The lowest BCUT2D eigenvalue weighted by molar-refractivity contribution is -0.139. The van der Waals surface area contributed by atoms with Gasteiger partial charge in [0, 0.05) is 51.0 Å². The summed E-state index contributed by atoms with van der Waals surface area (Å²) in [5, 5.41) is 5.69. The van der Waals surface area contributed by atoms with E-state index >= 15 is 0 Å². The molecular formula is C26H36F3N5O4. The van der Waals surface area contributed by atoms with Crippen molar-refractivity contribution in [1.29, 1.82) is 0 Å². The van der Waals surface area contributed by atoms with E-state index in [2.05, 4.69) is 15.5 Å². The zero-order valence-electron chi connectivity index (χ0n) is 22.4. The Bertz CT molecular complexity index is 1070. The van der Waals surface area contributed by atoms with Crippen molar-refractivity contribution in [3.8, 4) is 0 Å². The van der Waals surface area contributed by atoms with Gasteiger partial charge in [-0.15, -0.1) is 0 Å². The van der Waals surface area contributed by atoms with E-state index in [0.29, 0.717) is 43.9 Å². The number of amides is 4. The summed E-state index contributed by atoms with van der Waals surface area (Å²) in [6.45, 7) is 9.87. The summed E-state index contributed by atoms with van der Waals surface area (Å²) in [5.74, 6) is -0.653. The number of urea groups is 2. The van der Waals surface area contributed by atoms with Crippen LogP contribution in [0.2, 0.25) is 0 Å². The zero-order valence-corrected chi connectivity index (χ0v) is 22.4. The van der Waals surface area contributed by atoms with Gasteiger partial charge < -0.3 is 20.3 Å². The van der Waals surface area contributed by atoms with Gasteiger partial charge in [-0.2, -0.15) is 13.2 Å². The number of likely N-dealkylation sites (N-methyl/N-ethyl adjacent to an activating group) is 1. The van der Waals surface area contributed by atoms with E-state index in [1.807, 2.05) is 20.8 Å². The molecule has 0 aromatic heterocycles. The molecule has 1 atom stereocenters. The standard InChI is InChI=1S/C26H36F3N5O4/c1-6-38-22(35)20-19(16-33-12-7-13-34(15-14-33)24(37)31-25(2,3)4)32(5)23(36)30-21(20)17-8-10-18(11-9-17)26(27,28)29/h8-11,21H,6-7,12-16H2,1-5H3,(H,30,36)(H,31,37)/t21-/m1/s1. The predicted molar refractivity (Wildman–Crippen MR) is 135 cm³/mol. The monoisotopic (exact) mass is 539 g/mol. The number of hydrogen-bond donors (Lipinski definition) is 2. The molecule has 1 saturated heterocycles. The molecular weight excluding hydrogens is 503 g/mol. The van der Waals surface area contributed by atoms with Gasteiger partial charge in [0.25, 0.3) is 0 Å². The Hall–Kier alpha value is -3.28. The fourth-order valence-electron chi connectivity index (χ4n) is 4.46. The molecule has 1 aromatic carbocycles. The number of ether oxygens (including phenoxy) is 1. The molecule has 2 N–H and O–H groups in total. The van der Waals surface area contributed by atoms with Gasteiger partial charge in [-0.25, -0.2) is 14.4 Å². The van der Waals surface area contributed by atoms with Crippen LogP contribution in [0.5, 0.6) is 0 Å². The topological polar surface area (TPSA) is 94.2 Å². The van der Waals surface area contributed by atoms with Gasteiger partial charge in [-0.1, -0.05) is 12.1 Å². The number of halogens is 3. The fraction of sp³-hybridized carbons (Fsp3) is 0.577. The molecule has 2 aliphatic rings. The van der Waals surface area contributed by atoms with Crippen LogP contribution in [-0.2, 0) is 15.7 Å². The molecule has 1 fully saturated rings. The molecule has 12 heteroatoms. The maximum Gasteiger partial charge on any atom is 0.416 e. The number of carbonyl (C=O) groups is 3. The Kier molecular flexibility index (Phi) is 8.96. The molecule has 0 aliphatic carbocycles. The zero-order chi connectivity index (χ0) is 28.3. The summed E-state index contributed by atoms with van der Waals surface area (Å²) in [4.78, 5) is 43.8. The van der Waals surface area contributed by atoms with Crippen LogP contribution in [0.25, 0.3) is 0 Å². The maximum absolute atomic E-state index is 13.1. The highest BCUT2D eigenvalue weighted by molar-refractivity contribution is 5.95. The minimum Gasteiger partial charge on any atom is -0.463 e. The van der Waals surface area contributed by atoms with Crippen molar-refractivity contribution in [2.24, 2.45) is 0 Å². The van der Waals surface area contributed by atoms with E-state index in [1.165, 1.54) is 24.1 Å². The summed E-state index contributed by atoms with van der Waals surface area (Å²) in [6, 6.07) is 2.75. The summed E-state index contributed by atoms with van der Waals surface area (Å²) in [6.07, 6.45) is -3.82. The molecule has 2 heterocycles. The Morgan fingerprint density at radius 1 is 1.08 bits per heavy atom. The maximum atomic E-state index is 13.1. The molecule has 4 amide bonds. The smallest absolute Gasteiger partial charge is 0.416 e. The first-order chi connectivity index (χ1) is 17.7. The van der Waals surface area contributed by atoms with E-state index in [0.717, 1.165) is 12.1 Å². The van der Waals surface area contributed by atoms with E-state index in [1.54, 1.807) is 11.8 Å². The summed E-state index contributed by atoms with van der Waals surface area (Å²) in [5.41, 5.74) is -0.286. The number of alkyl halides is 3. The summed E-state index contributed by atoms with van der Waals surface area (Å²) in [7, 11) is 1.54. The first-order valence-electron chi connectivity index (χ1n) is 12.6. The second-order valence-electron chi connectivity index (χ2n) is 10.4. The van der Waals surface area contributed by atoms with Crippen molar-refractivity contribution in [3.05, 3.63) is 46.7 Å². The third kappa shape index (κ3) is 7.18. The van der Waals surface area contributed by atoms with Crippen LogP contribution in [0.4, 0.5) is 22.8 Å². The normalized spacial score (nSPS) is 19.7. The summed E-state index contributed by atoms with van der Waals surface area (Å²) < 4.78 is 44.6. The minimum atomic E-state index is -4.51. The molecule has 3 rings (SSSR count). The highest BCUT2D eigenvalue weighted by Gasteiger charge is 2.38. The number of esters is 1. The van der Waals surface area contributed by atoms with Gasteiger partial charge in [0.1, 0.15) is 0 Å². The van der Waals surface area contributed by atoms with Crippen molar-refractivity contribution < 1.29 is 32.3 Å². The van der Waals surface area contributed by atoms with Gasteiger partial charge >= 0.3 is 24.2 Å². The third-order valence-corrected chi connectivity index (χ3v) is 6.37. The Morgan fingerprint density at radius 3 is 2.32 bits per heavy atom. The molecule has 0 spiro atoms. The van der Waals surface area contributed by atoms with Gasteiger partial charge in [0.15, 0.2) is 0 Å². The Balaban J connectivity index is 1.90.